The van der Waals surface area contributed by atoms with E-state index in [1.165, 1.54) is 11.8 Å². The Kier molecular flexibility index (Phi) is 10.7. The lowest BCUT2D eigenvalue weighted by atomic mass is 9.89. The summed E-state index contributed by atoms with van der Waals surface area (Å²) < 4.78 is 5.78. The number of carbonyl (C=O) groups excluding carboxylic acids is 1. The number of aliphatic hydroxyl groups excluding tert-OH is 3. The molecule has 0 bridgehead atoms. The van der Waals surface area contributed by atoms with E-state index in [1.807, 2.05) is 5.32 Å². The predicted molar refractivity (Wildman–Crippen MR) is 101 cm³/mol. The number of hydrogen-bond acceptors (Lipinski definition) is 6. The second-order valence-corrected chi connectivity index (χ2v) is 8.94. The second-order valence-electron chi connectivity index (χ2n) is 7.32. The third kappa shape index (κ3) is 6.09. The second kappa shape index (κ2) is 11.4. The molecule has 0 aromatic heterocycles. The van der Waals surface area contributed by atoms with Crippen molar-refractivity contribution in [2.75, 3.05) is 12.8 Å². The number of ether oxygens (including phenoxy) is 1. The predicted octanol–water partition coefficient (Wildman–Crippen LogP) is -3.97. The highest BCUT2D eigenvalue weighted by Gasteiger charge is 2.48. The highest BCUT2D eigenvalue weighted by molar-refractivity contribution is 7.99. The average Bonchev–Trinajstić information content (AvgIpc) is 2.64. The topological polar surface area (TPSA) is 116 Å². The lowest BCUT2D eigenvalue weighted by Crippen LogP contribution is -3.00. The van der Waals surface area contributed by atoms with Crippen LogP contribution in [0.5, 0.6) is 0 Å². The fourth-order valence-electron chi connectivity index (χ4n) is 3.79. The highest BCUT2D eigenvalue weighted by atomic mass is 35.5. The zero-order valence-electron chi connectivity index (χ0n) is 15.9. The summed E-state index contributed by atoms with van der Waals surface area (Å²) in [5, 5.41) is 35.0. The molecular weight excluding hydrogens is 415 g/mol. The van der Waals surface area contributed by atoms with Gasteiger partial charge < -0.3 is 43.1 Å². The molecule has 0 spiro atoms. The smallest absolute Gasteiger partial charge is 0.278 e. The Morgan fingerprint density at radius 2 is 2.00 bits per heavy atom. The summed E-state index contributed by atoms with van der Waals surface area (Å²) in [4.78, 5) is 12.8. The summed E-state index contributed by atoms with van der Waals surface area (Å²) >= 11 is 7.53. The Hall–Kier alpha value is 0.200. The maximum absolute atomic E-state index is 12.8. The van der Waals surface area contributed by atoms with Gasteiger partial charge in [0.1, 0.15) is 29.9 Å². The first-order chi connectivity index (χ1) is 12.3. The number of alkyl halides is 1. The number of rotatable bonds is 6. The van der Waals surface area contributed by atoms with Gasteiger partial charge in [0.25, 0.3) is 5.91 Å². The van der Waals surface area contributed by atoms with Crippen LogP contribution in [0.15, 0.2) is 0 Å². The number of nitrogens with one attached hydrogen (secondary N) is 1. The molecule has 2 aliphatic rings. The number of hydrogen-bond donors (Lipinski definition) is 5. The van der Waals surface area contributed by atoms with Crippen molar-refractivity contribution in [1.29, 1.82) is 0 Å². The van der Waals surface area contributed by atoms with E-state index in [0.717, 1.165) is 25.8 Å². The summed E-state index contributed by atoms with van der Waals surface area (Å²) in [5.74, 6) is 0.412. The van der Waals surface area contributed by atoms with Crippen LogP contribution in [0.2, 0.25) is 0 Å². The van der Waals surface area contributed by atoms with Crippen molar-refractivity contribution in [3.8, 4) is 0 Å². The van der Waals surface area contributed by atoms with Gasteiger partial charge in [0.2, 0.25) is 0 Å². The van der Waals surface area contributed by atoms with Gasteiger partial charge in [-0.05, 0) is 25.5 Å². The van der Waals surface area contributed by atoms with Gasteiger partial charge in [-0.25, -0.2) is 0 Å². The van der Waals surface area contributed by atoms with Crippen LogP contribution in [-0.4, -0.2) is 81.3 Å². The summed E-state index contributed by atoms with van der Waals surface area (Å²) in [5.41, 5.74) is -0.695. The van der Waals surface area contributed by atoms with Crippen molar-refractivity contribution < 1.29 is 42.6 Å². The van der Waals surface area contributed by atoms with Crippen molar-refractivity contribution in [3.05, 3.63) is 0 Å². The number of quaternary nitrogens is 1. The summed E-state index contributed by atoms with van der Waals surface area (Å²) in [6.45, 7) is 4.77. The molecule has 1 amide bonds. The number of amides is 1. The van der Waals surface area contributed by atoms with Crippen LogP contribution in [0.3, 0.4) is 0 Å². The first kappa shape index (κ1) is 25.2. The van der Waals surface area contributed by atoms with Gasteiger partial charge in [0, 0.05) is 6.42 Å². The van der Waals surface area contributed by atoms with Crippen molar-refractivity contribution in [2.24, 2.45) is 5.92 Å². The maximum atomic E-state index is 12.8. The minimum atomic E-state index is -1.35. The van der Waals surface area contributed by atoms with Gasteiger partial charge in [-0.1, -0.05) is 13.3 Å². The first-order valence-electron chi connectivity index (χ1n) is 9.30. The molecular formula is C17H32Cl2N2O5S. The van der Waals surface area contributed by atoms with Crippen LogP contribution in [0.1, 0.15) is 33.1 Å². The maximum Gasteiger partial charge on any atom is 0.278 e. The van der Waals surface area contributed by atoms with Crippen molar-refractivity contribution in [1.82, 2.24) is 5.32 Å². The SMILES string of the molecule is CC[C@H]1CC[NH2+][C@@H](C(=O)N[C@H]([C@@H]2O[C@@H](SC)[C@@H](O)[C@H](O)[C@@H]2O)[C@@H](C)Cl)C1.[Cl-]. The van der Waals surface area contributed by atoms with Crippen LogP contribution in [0, 0.1) is 5.92 Å². The molecule has 10 heteroatoms. The van der Waals surface area contributed by atoms with Crippen molar-refractivity contribution >= 4 is 29.3 Å². The lowest BCUT2D eigenvalue weighted by Gasteiger charge is -2.44. The Morgan fingerprint density at radius 3 is 2.56 bits per heavy atom. The molecule has 27 heavy (non-hydrogen) atoms. The number of aliphatic hydroxyl groups is 3. The summed E-state index contributed by atoms with van der Waals surface area (Å²) in [6.07, 6.45) is -0.0617. The molecule has 0 aliphatic carbocycles. The van der Waals surface area contributed by atoms with Gasteiger partial charge in [0.05, 0.1) is 18.0 Å². The van der Waals surface area contributed by atoms with Crippen LogP contribution in [0.25, 0.3) is 0 Å². The van der Waals surface area contributed by atoms with E-state index in [9.17, 15) is 20.1 Å². The van der Waals surface area contributed by atoms with E-state index >= 15 is 0 Å². The highest BCUT2D eigenvalue weighted by Crippen LogP contribution is 2.30. The molecule has 9 atom stereocenters. The molecule has 6 N–H and O–H groups in total. The fraction of sp³-hybridized carbons (Fsp3) is 0.941. The standard InChI is InChI=1S/C17H31ClN2O5S.ClH/c1-4-9-5-6-19-10(7-9)16(24)20-11(8(2)18)15-13(22)12(21)14(23)17(25-15)26-3;/h8-15,17,19,21-23H,4-7H2,1-3H3,(H,20,24);1H/t8-,9+,10-,11+,12-,13+,14+,15+,17+;/m1./s1. The van der Waals surface area contributed by atoms with Crippen molar-refractivity contribution in [2.45, 2.75) is 80.4 Å². The van der Waals surface area contributed by atoms with Gasteiger partial charge in [-0.3, -0.25) is 4.79 Å². The van der Waals surface area contributed by atoms with Crippen LogP contribution < -0.4 is 23.0 Å². The lowest BCUT2D eigenvalue weighted by molar-refractivity contribution is -0.687. The summed E-state index contributed by atoms with van der Waals surface area (Å²) in [6, 6.07) is -0.856. The molecule has 7 nitrogen and oxygen atoms in total. The molecule has 2 saturated heterocycles. The normalized spacial score (nSPS) is 39.1. The molecule has 0 radical (unpaired) electrons. The average molecular weight is 447 g/mol. The molecule has 2 aliphatic heterocycles. The monoisotopic (exact) mass is 446 g/mol. The van der Waals surface area contributed by atoms with E-state index in [2.05, 4.69) is 12.2 Å². The van der Waals surface area contributed by atoms with Crippen LogP contribution in [-0.2, 0) is 9.53 Å². The van der Waals surface area contributed by atoms with E-state index < -0.39 is 41.3 Å². The zero-order valence-corrected chi connectivity index (χ0v) is 18.3. The van der Waals surface area contributed by atoms with Crippen molar-refractivity contribution in [3.63, 3.8) is 0 Å². The third-order valence-corrected chi connectivity index (χ3v) is 6.65. The molecule has 2 heterocycles. The number of halogens is 2. The quantitative estimate of drug-likeness (QED) is 0.266. The van der Waals surface area contributed by atoms with E-state index in [-0.39, 0.29) is 24.4 Å². The molecule has 160 valence electrons. The molecule has 0 aromatic rings. The first-order valence-corrected chi connectivity index (χ1v) is 11.0. The van der Waals surface area contributed by atoms with Gasteiger partial charge >= 0.3 is 0 Å². The number of carbonyl (C=O) groups is 1. The van der Waals surface area contributed by atoms with Crippen LogP contribution >= 0.6 is 23.4 Å². The Labute approximate surface area is 176 Å². The number of nitrogens with two attached hydrogens (primary N) is 1. The van der Waals surface area contributed by atoms with E-state index in [0.29, 0.717) is 5.92 Å². The molecule has 2 fully saturated rings. The Morgan fingerprint density at radius 1 is 1.33 bits per heavy atom. The molecule has 2 rings (SSSR count). The van der Waals surface area contributed by atoms with E-state index in [1.54, 1.807) is 13.2 Å². The third-order valence-electron chi connectivity index (χ3n) is 5.52. The largest absolute Gasteiger partial charge is 1.00 e. The molecule has 0 saturated carbocycles. The van der Waals surface area contributed by atoms with Gasteiger partial charge in [0.15, 0.2) is 6.04 Å². The Balaban J connectivity index is 0.00000364. The summed E-state index contributed by atoms with van der Waals surface area (Å²) in [7, 11) is 0. The van der Waals surface area contributed by atoms with Gasteiger partial charge in [-0.2, -0.15) is 0 Å². The zero-order chi connectivity index (χ0) is 19.4. The fourth-order valence-corrected chi connectivity index (χ4v) is 4.67. The minimum absolute atomic E-state index is 0. The number of piperidine rings is 1. The number of thioether (sulfide) groups is 1. The minimum Gasteiger partial charge on any atom is -1.00 e. The molecule has 0 aromatic carbocycles. The Bertz CT molecular complexity index is 475. The van der Waals surface area contributed by atoms with Gasteiger partial charge in [-0.15, -0.1) is 23.4 Å². The molecule has 0 unspecified atom stereocenters. The van der Waals surface area contributed by atoms with E-state index in [4.69, 9.17) is 16.3 Å². The van der Waals surface area contributed by atoms with Crippen LogP contribution in [0.4, 0.5) is 0 Å².